The van der Waals surface area contributed by atoms with Gasteiger partial charge in [0.05, 0.1) is 0 Å². The lowest BCUT2D eigenvalue weighted by Gasteiger charge is -2.08. The Hall–Kier alpha value is -2.69. The Morgan fingerprint density at radius 1 is 1.10 bits per heavy atom. The predicted molar refractivity (Wildman–Crippen MR) is 78.7 cm³/mol. The number of carbonyl (C=O) groups excluding carboxylic acids is 2. The highest BCUT2D eigenvalue weighted by atomic mass is 19.1. The van der Waals surface area contributed by atoms with Gasteiger partial charge in [-0.2, -0.15) is 0 Å². The van der Waals surface area contributed by atoms with Gasteiger partial charge in [0, 0.05) is 17.8 Å². The summed E-state index contributed by atoms with van der Waals surface area (Å²) in [4.78, 5) is 23.0. The Labute approximate surface area is 122 Å². The molecule has 2 aromatic rings. The minimum Gasteiger partial charge on any atom is -0.334 e. The fourth-order valence-corrected chi connectivity index (χ4v) is 1.82. The van der Waals surface area contributed by atoms with Crippen molar-refractivity contribution in [2.75, 3.05) is 5.32 Å². The summed E-state index contributed by atoms with van der Waals surface area (Å²) in [6.07, 6.45) is 0. The van der Waals surface area contributed by atoms with E-state index in [1.165, 1.54) is 19.1 Å². The third kappa shape index (κ3) is 4.42. The van der Waals surface area contributed by atoms with Crippen LogP contribution < -0.4 is 10.6 Å². The second-order valence-electron chi connectivity index (χ2n) is 4.57. The highest BCUT2D eigenvalue weighted by molar-refractivity contribution is 5.96. The van der Waals surface area contributed by atoms with E-state index in [-0.39, 0.29) is 18.1 Å². The van der Waals surface area contributed by atoms with Gasteiger partial charge in [0.25, 0.3) is 0 Å². The first-order valence-electron chi connectivity index (χ1n) is 6.45. The molecule has 0 aliphatic rings. The van der Waals surface area contributed by atoms with Crippen LogP contribution in [0.2, 0.25) is 0 Å². The number of ketones is 1. The van der Waals surface area contributed by atoms with Crippen molar-refractivity contribution in [1.29, 1.82) is 0 Å². The molecule has 0 fully saturated rings. The molecule has 21 heavy (non-hydrogen) atoms. The molecule has 4 nitrogen and oxygen atoms in total. The van der Waals surface area contributed by atoms with Gasteiger partial charge < -0.3 is 10.6 Å². The first-order valence-corrected chi connectivity index (χ1v) is 6.45. The number of nitrogens with one attached hydrogen (secondary N) is 2. The standard InChI is InChI=1S/C16H15FN2O2/c1-11(20)13-5-3-7-15(9-13)19-16(21)18-10-12-4-2-6-14(17)8-12/h2-9H,10H2,1H3,(H2,18,19,21). The number of hydrogen-bond acceptors (Lipinski definition) is 2. The summed E-state index contributed by atoms with van der Waals surface area (Å²) in [5, 5.41) is 5.25. The second-order valence-corrected chi connectivity index (χ2v) is 4.57. The molecule has 2 N–H and O–H groups in total. The van der Waals surface area contributed by atoms with Gasteiger partial charge in [-0.25, -0.2) is 9.18 Å². The van der Waals surface area contributed by atoms with Crippen molar-refractivity contribution in [2.45, 2.75) is 13.5 Å². The average molecular weight is 286 g/mol. The van der Waals surface area contributed by atoms with E-state index in [0.29, 0.717) is 16.8 Å². The molecule has 2 amide bonds. The maximum atomic E-state index is 13.0. The lowest BCUT2D eigenvalue weighted by Crippen LogP contribution is -2.28. The molecule has 0 unspecified atom stereocenters. The molecule has 0 aromatic heterocycles. The van der Waals surface area contributed by atoms with E-state index in [1.807, 2.05) is 0 Å². The van der Waals surface area contributed by atoms with Crippen molar-refractivity contribution in [3.8, 4) is 0 Å². The number of carbonyl (C=O) groups is 2. The predicted octanol–water partition coefficient (Wildman–Crippen LogP) is 3.35. The molecule has 0 heterocycles. The van der Waals surface area contributed by atoms with E-state index in [0.717, 1.165) is 0 Å². The van der Waals surface area contributed by atoms with Crippen LogP contribution in [0.3, 0.4) is 0 Å². The van der Waals surface area contributed by atoms with Gasteiger partial charge in [0.1, 0.15) is 5.82 Å². The number of Topliss-reactive ketones (excluding diaryl/α,β-unsaturated/α-hetero) is 1. The molecule has 0 aliphatic heterocycles. The van der Waals surface area contributed by atoms with Gasteiger partial charge in [-0.05, 0) is 36.8 Å². The first kappa shape index (κ1) is 14.7. The number of rotatable bonds is 4. The average Bonchev–Trinajstić information content (AvgIpc) is 2.45. The van der Waals surface area contributed by atoms with Gasteiger partial charge in [-0.15, -0.1) is 0 Å². The molecule has 0 saturated carbocycles. The molecule has 2 aromatic carbocycles. The maximum absolute atomic E-state index is 13.0. The maximum Gasteiger partial charge on any atom is 0.319 e. The van der Waals surface area contributed by atoms with Crippen LogP contribution in [0.15, 0.2) is 48.5 Å². The summed E-state index contributed by atoms with van der Waals surface area (Å²) in [5.74, 6) is -0.414. The minimum absolute atomic E-state index is 0.0705. The highest BCUT2D eigenvalue weighted by Gasteiger charge is 2.04. The van der Waals surface area contributed by atoms with Crippen LogP contribution in [0.1, 0.15) is 22.8 Å². The van der Waals surface area contributed by atoms with Crippen LogP contribution in [0.25, 0.3) is 0 Å². The number of amides is 2. The quantitative estimate of drug-likeness (QED) is 0.847. The number of halogens is 1. The van der Waals surface area contributed by atoms with Gasteiger partial charge in [-0.3, -0.25) is 4.79 Å². The number of hydrogen-bond donors (Lipinski definition) is 2. The Morgan fingerprint density at radius 2 is 1.86 bits per heavy atom. The van der Waals surface area contributed by atoms with Crippen LogP contribution in [0, 0.1) is 5.82 Å². The topological polar surface area (TPSA) is 58.2 Å². The fraction of sp³-hybridized carbons (Fsp3) is 0.125. The monoisotopic (exact) mass is 286 g/mol. The lowest BCUT2D eigenvalue weighted by molar-refractivity contribution is 0.101. The van der Waals surface area contributed by atoms with Gasteiger partial charge in [0.15, 0.2) is 5.78 Å². The molecule has 0 radical (unpaired) electrons. The van der Waals surface area contributed by atoms with Crippen molar-refractivity contribution in [3.63, 3.8) is 0 Å². The zero-order valence-corrected chi connectivity index (χ0v) is 11.5. The second kappa shape index (κ2) is 6.65. The number of anilines is 1. The summed E-state index contributed by atoms with van der Waals surface area (Å²) in [6, 6.07) is 12.3. The van der Waals surface area contributed by atoms with E-state index in [1.54, 1.807) is 36.4 Å². The van der Waals surface area contributed by atoms with E-state index >= 15 is 0 Å². The number of urea groups is 1. The lowest BCUT2D eigenvalue weighted by atomic mass is 10.1. The van der Waals surface area contributed by atoms with Gasteiger partial charge >= 0.3 is 6.03 Å². The zero-order chi connectivity index (χ0) is 15.2. The van der Waals surface area contributed by atoms with Crippen molar-refractivity contribution in [1.82, 2.24) is 5.32 Å². The number of benzene rings is 2. The third-order valence-electron chi connectivity index (χ3n) is 2.87. The van der Waals surface area contributed by atoms with Gasteiger partial charge in [0.2, 0.25) is 0 Å². The SMILES string of the molecule is CC(=O)c1cccc(NC(=O)NCc2cccc(F)c2)c1. The summed E-state index contributed by atoms with van der Waals surface area (Å²) in [7, 11) is 0. The highest BCUT2D eigenvalue weighted by Crippen LogP contribution is 2.11. The molecular weight excluding hydrogens is 271 g/mol. The first-order chi connectivity index (χ1) is 10.0. The molecule has 5 heteroatoms. The van der Waals surface area contributed by atoms with Crippen LogP contribution in [0.5, 0.6) is 0 Å². The summed E-state index contributed by atoms with van der Waals surface area (Å²) in [5.41, 5.74) is 1.72. The normalized spacial score (nSPS) is 10.0. The Morgan fingerprint density at radius 3 is 2.57 bits per heavy atom. The van der Waals surface area contributed by atoms with Crippen LogP contribution >= 0.6 is 0 Å². The Kier molecular flexibility index (Phi) is 4.66. The van der Waals surface area contributed by atoms with E-state index in [2.05, 4.69) is 10.6 Å². The van der Waals surface area contributed by atoms with Crippen LogP contribution in [-0.4, -0.2) is 11.8 Å². The van der Waals surface area contributed by atoms with Crippen molar-refractivity contribution >= 4 is 17.5 Å². The minimum atomic E-state index is -0.417. The summed E-state index contributed by atoms with van der Waals surface area (Å²) >= 11 is 0. The van der Waals surface area contributed by atoms with E-state index < -0.39 is 6.03 Å². The molecule has 2 rings (SSSR count). The van der Waals surface area contributed by atoms with Gasteiger partial charge in [-0.1, -0.05) is 24.3 Å². The van der Waals surface area contributed by atoms with E-state index in [9.17, 15) is 14.0 Å². The Bertz CT molecular complexity index is 671. The molecule has 0 atom stereocenters. The largest absolute Gasteiger partial charge is 0.334 e. The van der Waals surface area contributed by atoms with Crippen LogP contribution in [-0.2, 0) is 6.54 Å². The van der Waals surface area contributed by atoms with Crippen LogP contribution in [0.4, 0.5) is 14.9 Å². The van der Waals surface area contributed by atoms with Crippen molar-refractivity contribution in [2.24, 2.45) is 0 Å². The summed E-state index contributed by atoms with van der Waals surface area (Å²) in [6.45, 7) is 1.68. The smallest absolute Gasteiger partial charge is 0.319 e. The summed E-state index contributed by atoms with van der Waals surface area (Å²) < 4.78 is 13.0. The van der Waals surface area contributed by atoms with E-state index in [4.69, 9.17) is 0 Å². The molecular formula is C16H15FN2O2. The molecule has 0 bridgehead atoms. The fourth-order valence-electron chi connectivity index (χ4n) is 1.82. The Balaban J connectivity index is 1.93. The molecule has 0 spiro atoms. The zero-order valence-electron chi connectivity index (χ0n) is 11.5. The van der Waals surface area contributed by atoms with Crippen molar-refractivity contribution < 1.29 is 14.0 Å². The van der Waals surface area contributed by atoms with Crippen molar-refractivity contribution in [3.05, 3.63) is 65.5 Å². The molecule has 108 valence electrons. The molecule has 0 saturated heterocycles. The third-order valence-corrected chi connectivity index (χ3v) is 2.87. The molecule has 0 aliphatic carbocycles.